The van der Waals surface area contributed by atoms with Crippen LogP contribution in [0.1, 0.15) is 36.3 Å². The van der Waals surface area contributed by atoms with Gasteiger partial charge < -0.3 is 10.4 Å². The van der Waals surface area contributed by atoms with Gasteiger partial charge in [-0.05, 0) is 32.3 Å². The average Bonchev–Trinajstić information content (AvgIpc) is 2.70. The molecule has 0 aliphatic carbocycles. The lowest BCUT2D eigenvalue weighted by atomic mass is 10.0. The highest BCUT2D eigenvalue weighted by Gasteiger charge is 2.13. The second kappa shape index (κ2) is 6.22. The molecule has 6 nitrogen and oxygen atoms in total. The molecule has 114 valence electrons. The zero-order valence-electron chi connectivity index (χ0n) is 12.9. The Kier molecular flexibility index (Phi) is 4.57. The summed E-state index contributed by atoms with van der Waals surface area (Å²) in [6, 6.07) is 1.82. The number of nitrogens with one attached hydrogen (secondary N) is 1. The largest absolute Gasteiger partial charge is 0.393 e. The van der Waals surface area contributed by atoms with E-state index in [1.54, 1.807) is 17.8 Å². The van der Waals surface area contributed by atoms with E-state index in [1.165, 1.54) is 0 Å². The van der Waals surface area contributed by atoms with Crippen molar-refractivity contribution in [3.8, 4) is 0 Å². The molecule has 2 heterocycles. The van der Waals surface area contributed by atoms with Gasteiger partial charge in [0.2, 0.25) is 0 Å². The van der Waals surface area contributed by atoms with Crippen molar-refractivity contribution in [3.05, 3.63) is 23.5 Å². The predicted molar refractivity (Wildman–Crippen MR) is 81.0 cm³/mol. The number of hydrogen-bond acceptors (Lipinski definition) is 4. The summed E-state index contributed by atoms with van der Waals surface area (Å²) in [5.74, 6) is 0.0795. The van der Waals surface area contributed by atoms with Gasteiger partial charge in [0.05, 0.1) is 17.4 Å². The number of aromatic nitrogens is 3. The van der Waals surface area contributed by atoms with E-state index in [9.17, 15) is 9.90 Å². The number of aryl methyl sites for hydroxylation is 2. The van der Waals surface area contributed by atoms with Gasteiger partial charge in [-0.1, -0.05) is 6.92 Å². The summed E-state index contributed by atoms with van der Waals surface area (Å²) in [6.45, 7) is 6.19. The van der Waals surface area contributed by atoms with E-state index in [-0.39, 0.29) is 17.9 Å². The summed E-state index contributed by atoms with van der Waals surface area (Å²) >= 11 is 0. The van der Waals surface area contributed by atoms with Crippen LogP contribution >= 0.6 is 0 Å². The van der Waals surface area contributed by atoms with E-state index in [1.807, 2.05) is 27.0 Å². The summed E-state index contributed by atoms with van der Waals surface area (Å²) in [4.78, 5) is 16.5. The molecule has 21 heavy (non-hydrogen) atoms. The van der Waals surface area contributed by atoms with Crippen molar-refractivity contribution in [2.24, 2.45) is 13.0 Å². The van der Waals surface area contributed by atoms with Crippen LogP contribution in [-0.4, -0.2) is 38.4 Å². The van der Waals surface area contributed by atoms with Crippen molar-refractivity contribution in [3.63, 3.8) is 0 Å². The molecule has 2 unspecified atom stereocenters. The maximum atomic E-state index is 12.2. The van der Waals surface area contributed by atoms with E-state index in [4.69, 9.17) is 0 Å². The van der Waals surface area contributed by atoms with Crippen molar-refractivity contribution in [2.75, 3.05) is 6.54 Å². The molecule has 0 saturated carbocycles. The Morgan fingerprint density at radius 1 is 1.48 bits per heavy atom. The number of aliphatic hydroxyl groups excluding tert-OH is 1. The smallest absolute Gasteiger partial charge is 0.252 e. The summed E-state index contributed by atoms with van der Waals surface area (Å²) in [5.41, 5.74) is 2.16. The predicted octanol–water partition coefficient (Wildman–Crippen LogP) is 1.41. The lowest BCUT2D eigenvalue weighted by Gasteiger charge is -2.14. The van der Waals surface area contributed by atoms with Crippen molar-refractivity contribution in [2.45, 2.75) is 33.3 Å². The molecule has 2 N–H and O–H groups in total. The second-order valence-electron chi connectivity index (χ2n) is 5.70. The van der Waals surface area contributed by atoms with Gasteiger partial charge in [0, 0.05) is 25.2 Å². The highest BCUT2D eigenvalue weighted by atomic mass is 16.3. The molecule has 0 aliphatic heterocycles. The van der Waals surface area contributed by atoms with Crippen LogP contribution < -0.4 is 5.32 Å². The van der Waals surface area contributed by atoms with Crippen LogP contribution in [0.15, 0.2) is 12.3 Å². The third kappa shape index (κ3) is 3.58. The normalized spacial score (nSPS) is 14.1. The monoisotopic (exact) mass is 290 g/mol. The van der Waals surface area contributed by atoms with Gasteiger partial charge in [0.15, 0.2) is 5.65 Å². The Hall–Kier alpha value is -1.95. The van der Waals surface area contributed by atoms with Gasteiger partial charge in [-0.2, -0.15) is 5.10 Å². The molecule has 2 aromatic rings. The third-order valence-electron chi connectivity index (χ3n) is 3.48. The van der Waals surface area contributed by atoms with E-state index in [2.05, 4.69) is 15.4 Å². The van der Waals surface area contributed by atoms with Crippen molar-refractivity contribution >= 4 is 16.9 Å². The number of rotatable bonds is 5. The molecule has 0 aliphatic rings. The summed E-state index contributed by atoms with van der Waals surface area (Å²) in [7, 11) is 1.83. The Bertz CT molecular complexity index is 648. The van der Waals surface area contributed by atoms with E-state index >= 15 is 0 Å². The first kappa shape index (κ1) is 15.4. The minimum atomic E-state index is -0.354. The van der Waals surface area contributed by atoms with Gasteiger partial charge in [-0.25, -0.2) is 4.98 Å². The van der Waals surface area contributed by atoms with E-state index < -0.39 is 0 Å². The summed E-state index contributed by atoms with van der Waals surface area (Å²) in [6.07, 6.45) is 1.88. The van der Waals surface area contributed by atoms with Gasteiger partial charge in [0.1, 0.15) is 0 Å². The fourth-order valence-electron chi connectivity index (χ4n) is 2.47. The minimum Gasteiger partial charge on any atom is -0.393 e. The molecule has 6 heteroatoms. The van der Waals surface area contributed by atoms with Crippen LogP contribution in [0.3, 0.4) is 0 Å². The number of aliphatic hydroxyl groups is 1. The van der Waals surface area contributed by atoms with Crippen LogP contribution in [0.4, 0.5) is 0 Å². The van der Waals surface area contributed by atoms with E-state index in [0.717, 1.165) is 16.7 Å². The van der Waals surface area contributed by atoms with Crippen LogP contribution in [0, 0.1) is 12.8 Å². The van der Waals surface area contributed by atoms with E-state index in [0.29, 0.717) is 18.5 Å². The number of hydrogen-bond donors (Lipinski definition) is 2. The fourth-order valence-corrected chi connectivity index (χ4v) is 2.47. The number of carbonyl (C=O) groups excluding carboxylic acids is 1. The van der Waals surface area contributed by atoms with Crippen molar-refractivity contribution in [1.29, 1.82) is 0 Å². The topological polar surface area (TPSA) is 80.0 Å². The average molecular weight is 290 g/mol. The highest BCUT2D eigenvalue weighted by Crippen LogP contribution is 2.16. The van der Waals surface area contributed by atoms with Gasteiger partial charge in [-0.3, -0.25) is 9.48 Å². The van der Waals surface area contributed by atoms with Crippen molar-refractivity contribution < 1.29 is 9.90 Å². The Morgan fingerprint density at radius 3 is 2.86 bits per heavy atom. The lowest BCUT2D eigenvalue weighted by molar-refractivity contribution is 0.0939. The Morgan fingerprint density at radius 2 is 2.19 bits per heavy atom. The highest BCUT2D eigenvalue weighted by molar-refractivity contribution is 5.97. The molecule has 0 aromatic carbocycles. The number of fused-ring (bicyclic) bond motifs is 1. The number of pyridine rings is 1. The maximum absolute atomic E-state index is 12.2. The molecule has 0 radical (unpaired) electrons. The molecule has 2 rings (SSSR count). The summed E-state index contributed by atoms with van der Waals surface area (Å²) in [5, 5.41) is 17.4. The second-order valence-corrected chi connectivity index (χ2v) is 5.70. The van der Waals surface area contributed by atoms with Crippen molar-refractivity contribution in [1.82, 2.24) is 20.1 Å². The molecule has 2 aromatic heterocycles. The Balaban J connectivity index is 2.07. The molecular formula is C15H22N4O2. The lowest BCUT2D eigenvalue weighted by Crippen LogP contribution is -2.29. The minimum absolute atomic E-state index is 0.148. The first-order valence-electron chi connectivity index (χ1n) is 7.14. The molecule has 0 saturated heterocycles. The molecular weight excluding hydrogens is 268 g/mol. The van der Waals surface area contributed by atoms with Gasteiger partial charge >= 0.3 is 0 Å². The first-order chi connectivity index (χ1) is 9.88. The fraction of sp³-hybridized carbons (Fsp3) is 0.533. The van der Waals surface area contributed by atoms with Gasteiger partial charge in [-0.15, -0.1) is 0 Å². The Labute approximate surface area is 124 Å². The number of nitrogens with zero attached hydrogens (tertiary/aromatic N) is 3. The molecule has 0 bridgehead atoms. The quantitative estimate of drug-likeness (QED) is 0.872. The zero-order chi connectivity index (χ0) is 15.6. The molecule has 1 amide bonds. The van der Waals surface area contributed by atoms with Crippen LogP contribution in [0.2, 0.25) is 0 Å². The van der Waals surface area contributed by atoms with Crippen LogP contribution in [0.5, 0.6) is 0 Å². The molecule has 0 fully saturated rings. The summed E-state index contributed by atoms with van der Waals surface area (Å²) < 4.78 is 1.71. The number of amides is 1. The van der Waals surface area contributed by atoms with Crippen LogP contribution in [0.25, 0.3) is 11.0 Å². The SMILES string of the molecule is Cc1nn(C)c2ncc(C(=O)NCC(C)CC(C)O)cc12. The third-order valence-corrected chi connectivity index (χ3v) is 3.48. The molecule has 0 spiro atoms. The first-order valence-corrected chi connectivity index (χ1v) is 7.14. The number of carbonyl (C=O) groups is 1. The zero-order valence-corrected chi connectivity index (χ0v) is 12.9. The maximum Gasteiger partial charge on any atom is 0.252 e. The van der Waals surface area contributed by atoms with Crippen LogP contribution in [-0.2, 0) is 7.05 Å². The van der Waals surface area contributed by atoms with Gasteiger partial charge in [0.25, 0.3) is 5.91 Å². The molecule has 2 atom stereocenters. The standard InChI is InChI=1S/C15H22N4O2/c1-9(5-10(2)20)7-17-15(21)12-6-13-11(3)18-19(4)14(13)16-8-12/h6,8-10,20H,5,7H2,1-4H3,(H,17,21).